The zero-order valence-electron chi connectivity index (χ0n) is 9.58. The minimum absolute atomic E-state index is 0.760. The van der Waals surface area contributed by atoms with Crippen molar-refractivity contribution in [2.24, 2.45) is 0 Å². The average molecular weight is 246 g/mol. The first-order chi connectivity index (χ1) is 7.38. The van der Waals surface area contributed by atoms with Crippen molar-refractivity contribution < 1.29 is 0 Å². The van der Waals surface area contributed by atoms with Gasteiger partial charge in [-0.1, -0.05) is 6.92 Å². The molecule has 1 N–H and O–H groups in total. The van der Waals surface area contributed by atoms with E-state index in [0.29, 0.717) is 0 Å². The lowest BCUT2D eigenvalue weighted by molar-refractivity contribution is 0.333. The Labute approximate surface area is 102 Å². The zero-order chi connectivity index (χ0) is 10.5. The van der Waals surface area contributed by atoms with E-state index < -0.39 is 0 Å². The number of likely N-dealkylation sites (tertiary alicyclic amines) is 1. The molecular formula is C11H22N2S2. The highest BCUT2D eigenvalue weighted by Gasteiger charge is 2.24. The van der Waals surface area contributed by atoms with Crippen LogP contribution >= 0.6 is 23.5 Å². The normalized spacial score (nSPS) is 33.4. The minimum Gasteiger partial charge on any atom is -0.313 e. The third-order valence-corrected chi connectivity index (χ3v) is 5.94. The minimum atomic E-state index is 0.760. The van der Waals surface area contributed by atoms with E-state index in [1.807, 2.05) is 0 Å². The number of hydrogen-bond acceptors (Lipinski definition) is 4. The second kappa shape index (κ2) is 6.38. The molecule has 2 heterocycles. The van der Waals surface area contributed by atoms with E-state index in [-0.39, 0.29) is 0 Å². The molecular weight excluding hydrogens is 224 g/mol. The van der Waals surface area contributed by atoms with E-state index in [9.17, 15) is 0 Å². The fourth-order valence-electron chi connectivity index (χ4n) is 2.38. The van der Waals surface area contributed by atoms with Crippen molar-refractivity contribution in [2.45, 2.75) is 24.6 Å². The van der Waals surface area contributed by atoms with Gasteiger partial charge in [0.15, 0.2) is 0 Å². The number of thioether (sulfide) groups is 2. The first kappa shape index (κ1) is 12.1. The maximum atomic E-state index is 3.56. The van der Waals surface area contributed by atoms with E-state index in [2.05, 4.69) is 40.7 Å². The molecule has 0 amide bonds. The molecule has 2 nitrogen and oxygen atoms in total. The lowest BCUT2D eigenvalue weighted by atomic mass is 10.3. The summed E-state index contributed by atoms with van der Waals surface area (Å²) >= 11 is 4.32. The average Bonchev–Trinajstić information content (AvgIpc) is 2.68. The van der Waals surface area contributed by atoms with Gasteiger partial charge in [0.1, 0.15) is 0 Å². The highest BCUT2D eigenvalue weighted by molar-refractivity contribution is 8.06. The molecule has 88 valence electrons. The Kier molecular flexibility index (Phi) is 5.14. The van der Waals surface area contributed by atoms with Gasteiger partial charge >= 0.3 is 0 Å². The van der Waals surface area contributed by atoms with Crippen LogP contribution in [0, 0.1) is 0 Å². The van der Waals surface area contributed by atoms with Crippen molar-refractivity contribution >= 4 is 23.5 Å². The third kappa shape index (κ3) is 3.84. The lowest BCUT2D eigenvalue weighted by Gasteiger charge is -2.26. The Balaban J connectivity index is 1.67. The molecule has 0 aliphatic carbocycles. The Morgan fingerprint density at radius 3 is 3.07 bits per heavy atom. The topological polar surface area (TPSA) is 15.3 Å². The fourth-order valence-corrected chi connectivity index (χ4v) is 5.10. The summed E-state index contributed by atoms with van der Waals surface area (Å²) in [5.74, 6) is 4.09. The Morgan fingerprint density at radius 1 is 1.40 bits per heavy atom. The second-order valence-electron chi connectivity index (χ2n) is 4.37. The molecule has 0 radical (unpaired) electrons. The summed E-state index contributed by atoms with van der Waals surface area (Å²) in [6.07, 6.45) is 1.35. The van der Waals surface area contributed by atoms with Crippen molar-refractivity contribution in [3.05, 3.63) is 0 Å². The maximum Gasteiger partial charge on any atom is 0.0265 e. The van der Waals surface area contributed by atoms with Crippen LogP contribution in [-0.4, -0.2) is 59.6 Å². The number of likely N-dealkylation sites (N-methyl/N-ethyl adjacent to an activating group) is 1. The highest BCUT2D eigenvalue weighted by Crippen LogP contribution is 2.25. The molecule has 2 aliphatic rings. The van der Waals surface area contributed by atoms with Crippen molar-refractivity contribution in [2.75, 3.05) is 43.4 Å². The number of nitrogens with one attached hydrogen (secondary N) is 1. The Morgan fingerprint density at radius 2 is 2.33 bits per heavy atom. The number of hydrogen-bond donors (Lipinski definition) is 1. The van der Waals surface area contributed by atoms with Crippen molar-refractivity contribution in [3.8, 4) is 0 Å². The Hall–Kier alpha value is 0.620. The van der Waals surface area contributed by atoms with E-state index in [0.717, 1.165) is 17.8 Å². The van der Waals surface area contributed by atoms with Crippen LogP contribution in [0.25, 0.3) is 0 Å². The standard InChI is InChI=1S/C11H22N2S2/c1-2-12-10-3-4-13(7-10)8-11-9-14-5-6-15-11/h10-12H,2-9H2,1H3. The van der Waals surface area contributed by atoms with Crippen LogP contribution in [-0.2, 0) is 0 Å². The summed E-state index contributed by atoms with van der Waals surface area (Å²) in [6, 6.07) is 0.760. The van der Waals surface area contributed by atoms with Crippen LogP contribution in [0.3, 0.4) is 0 Å². The molecule has 0 bridgehead atoms. The summed E-state index contributed by atoms with van der Waals surface area (Å²) in [4.78, 5) is 2.65. The van der Waals surface area contributed by atoms with Crippen LogP contribution in [0.4, 0.5) is 0 Å². The quantitative estimate of drug-likeness (QED) is 0.808. The van der Waals surface area contributed by atoms with Gasteiger partial charge in [0.25, 0.3) is 0 Å². The van der Waals surface area contributed by atoms with Gasteiger partial charge in [-0.2, -0.15) is 23.5 Å². The molecule has 0 aromatic heterocycles. The first-order valence-electron chi connectivity index (χ1n) is 6.03. The van der Waals surface area contributed by atoms with Crippen LogP contribution in [0.15, 0.2) is 0 Å². The van der Waals surface area contributed by atoms with Gasteiger partial charge in [-0.05, 0) is 19.5 Å². The van der Waals surface area contributed by atoms with Gasteiger partial charge in [0.2, 0.25) is 0 Å². The van der Waals surface area contributed by atoms with Crippen LogP contribution < -0.4 is 5.32 Å². The van der Waals surface area contributed by atoms with Crippen molar-refractivity contribution in [1.82, 2.24) is 10.2 Å². The summed E-state index contributed by atoms with van der Waals surface area (Å²) in [5.41, 5.74) is 0. The largest absolute Gasteiger partial charge is 0.313 e. The van der Waals surface area contributed by atoms with E-state index in [4.69, 9.17) is 0 Å². The predicted octanol–water partition coefficient (Wildman–Crippen LogP) is 1.52. The molecule has 2 atom stereocenters. The maximum absolute atomic E-state index is 3.56. The molecule has 0 aromatic carbocycles. The van der Waals surface area contributed by atoms with Gasteiger partial charge in [-0.25, -0.2) is 0 Å². The predicted molar refractivity (Wildman–Crippen MR) is 72.1 cm³/mol. The molecule has 2 saturated heterocycles. The van der Waals surface area contributed by atoms with Crippen LogP contribution in [0.2, 0.25) is 0 Å². The monoisotopic (exact) mass is 246 g/mol. The first-order valence-corrected chi connectivity index (χ1v) is 8.24. The Bertz CT molecular complexity index is 183. The summed E-state index contributed by atoms with van der Waals surface area (Å²) < 4.78 is 0. The van der Waals surface area contributed by atoms with Crippen molar-refractivity contribution in [1.29, 1.82) is 0 Å². The number of rotatable bonds is 4. The van der Waals surface area contributed by atoms with Gasteiger partial charge in [0, 0.05) is 41.6 Å². The smallest absolute Gasteiger partial charge is 0.0265 e. The second-order valence-corrected chi connectivity index (χ2v) is 6.93. The van der Waals surface area contributed by atoms with Crippen LogP contribution in [0.5, 0.6) is 0 Å². The van der Waals surface area contributed by atoms with Gasteiger partial charge < -0.3 is 10.2 Å². The van der Waals surface area contributed by atoms with Gasteiger partial charge in [0.05, 0.1) is 0 Å². The summed E-state index contributed by atoms with van der Waals surface area (Å²) in [5, 5.41) is 4.45. The molecule has 0 saturated carbocycles. The summed E-state index contributed by atoms with van der Waals surface area (Å²) in [7, 11) is 0. The molecule has 2 fully saturated rings. The molecule has 15 heavy (non-hydrogen) atoms. The highest BCUT2D eigenvalue weighted by atomic mass is 32.2. The van der Waals surface area contributed by atoms with E-state index in [1.54, 1.807) is 0 Å². The SMILES string of the molecule is CCNC1CCN(CC2CSCCS2)C1. The van der Waals surface area contributed by atoms with Gasteiger partial charge in [-0.15, -0.1) is 0 Å². The molecule has 2 unspecified atom stereocenters. The molecule has 4 heteroatoms. The van der Waals surface area contributed by atoms with Crippen molar-refractivity contribution in [3.63, 3.8) is 0 Å². The zero-order valence-corrected chi connectivity index (χ0v) is 11.2. The molecule has 2 rings (SSSR count). The van der Waals surface area contributed by atoms with E-state index in [1.165, 1.54) is 43.3 Å². The van der Waals surface area contributed by atoms with Crippen LogP contribution in [0.1, 0.15) is 13.3 Å². The molecule has 0 spiro atoms. The molecule has 2 aliphatic heterocycles. The number of nitrogens with zero attached hydrogens (tertiary/aromatic N) is 1. The summed E-state index contributed by atoms with van der Waals surface area (Å²) in [6.45, 7) is 7.22. The van der Waals surface area contributed by atoms with Gasteiger partial charge in [-0.3, -0.25) is 0 Å². The third-order valence-electron chi connectivity index (χ3n) is 3.11. The van der Waals surface area contributed by atoms with E-state index >= 15 is 0 Å². The molecule has 0 aromatic rings. The lowest BCUT2D eigenvalue weighted by Crippen LogP contribution is -2.36. The fraction of sp³-hybridized carbons (Fsp3) is 1.00.